The van der Waals surface area contributed by atoms with Crippen LogP contribution in [0, 0.1) is 2.88 Å². The first kappa shape index (κ1) is 14.5. The van der Waals surface area contributed by atoms with Gasteiger partial charge in [-0.05, 0) is 77.0 Å². The predicted octanol–water partition coefficient (Wildman–Crippen LogP) is 4.52. The van der Waals surface area contributed by atoms with Gasteiger partial charge in [-0.2, -0.15) is 0 Å². The van der Waals surface area contributed by atoms with Crippen molar-refractivity contribution in [2.24, 2.45) is 0 Å². The van der Waals surface area contributed by atoms with Crippen LogP contribution >= 0.6 is 33.9 Å². The van der Waals surface area contributed by atoms with Crippen molar-refractivity contribution in [2.45, 2.75) is 38.1 Å². The van der Waals surface area contributed by atoms with E-state index in [9.17, 15) is 0 Å². The van der Waals surface area contributed by atoms with E-state index in [4.69, 9.17) is 0 Å². The second kappa shape index (κ2) is 6.54. The van der Waals surface area contributed by atoms with Crippen LogP contribution < -0.4 is 5.32 Å². The molecule has 0 radical (unpaired) electrons. The standard InChI is InChI=1S/C16H19IN2S/c1-2-7-18-16(12-9-14(17)20-10-12)13-6-5-11-4-3-8-19-15(11)13/h3-4,8-10,13,16,18H,2,5-7H2,1H3. The third-order valence-electron chi connectivity index (χ3n) is 3.97. The summed E-state index contributed by atoms with van der Waals surface area (Å²) in [4.78, 5) is 4.66. The van der Waals surface area contributed by atoms with Crippen LogP contribution in [0.2, 0.25) is 0 Å². The molecule has 0 fully saturated rings. The summed E-state index contributed by atoms with van der Waals surface area (Å²) < 4.78 is 1.36. The molecule has 20 heavy (non-hydrogen) atoms. The molecular weight excluding hydrogens is 379 g/mol. The van der Waals surface area contributed by atoms with Crippen molar-refractivity contribution in [3.8, 4) is 0 Å². The number of nitrogens with one attached hydrogen (secondary N) is 1. The third kappa shape index (κ3) is 2.92. The molecule has 0 saturated carbocycles. The second-order valence-electron chi connectivity index (χ2n) is 5.31. The molecule has 1 aliphatic rings. The highest BCUT2D eigenvalue weighted by atomic mass is 127. The predicted molar refractivity (Wildman–Crippen MR) is 93.4 cm³/mol. The maximum absolute atomic E-state index is 4.66. The first-order chi connectivity index (χ1) is 9.79. The van der Waals surface area contributed by atoms with Gasteiger partial charge >= 0.3 is 0 Å². The first-order valence-corrected chi connectivity index (χ1v) is 9.16. The maximum atomic E-state index is 4.66. The molecule has 3 rings (SSSR count). The molecule has 0 bridgehead atoms. The summed E-state index contributed by atoms with van der Waals surface area (Å²) in [5.41, 5.74) is 4.17. The Bertz CT molecular complexity index is 581. The quantitative estimate of drug-likeness (QED) is 0.750. The summed E-state index contributed by atoms with van der Waals surface area (Å²) in [5.74, 6) is 0.517. The van der Waals surface area contributed by atoms with Gasteiger partial charge in [-0.1, -0.05) is 13.0 Å². The Morgan fingerprint density at radius 3 is 3.20 bits per heavy atom. The summed E-state index contributed by atoms with van der Waals surface area (Å²) >= 11 is 4.24. The highest BCUT2D eigenvalue weighted by molar-refractivity contribution is 14.1. The molecule has 0 aromatic carbocycles. The van der Waals surface area contributed by atoms with Gasteiger partial charge in [0.15, 0.2) is 0 Å². The van der Waals surface area contributed by atoms with Gasteiger partial charge in [0.25, 0.3) is 0 Å². The topological polar surface area (TPSA) is 24.9 Å². The zero-order valence-electron chi connectivity index (χ0n) is 11.6. The van der Waals surface area contributed by atoms with E-state index in [-0.39, 0.29) is 0 Å². The van der Waals surface area contributed by atoms with E-state index < -0.39 is 0 Å². The van der Waals surface area contributed by atoms with Gasteiger partial charge in [0.05, 0.1) is 2.88 Å². The van der Waals surface area contributed by atoms with E-state index in [1.165, 1.54) is 39.0 Å². The summed E-state index contributed by atoms with van der Waals surface area (Å²) in [6, 6.07) is 7.02. The minimum absolute atomic E-state index is 0.408. The smallest absolute Gasteiger partial charge is 0.0656 e. The third-order valence-corrected chi connectivity index (χ3v) is 5.77. The van der Waals surface area contributed by atoms with Crippen molar-refractivity contribution >= 4 is 33.9 Å². The highest BCUT2D eigenvalue weighted by Crippen LogP contribution is 2.41. The number of thiophene rings is 1. The Morgan fingerprint density at radius 2 is 2.45 bits per heavy atom. The fraction of sp³-hybridized carbons (Fsp3) is 0.438. The largest absolute Gasteiger partial charge is 0.309 e. The fourth-order valence-electron chi connectivity index (χ4n) is 3.05. The summed E-state index contributed by atoms with van der Waals surface area (Å²) in [6.45, 7) is 3.29. The molecule has 0 saturated heterocycles. The van der Waals surface area contributed by atoms with Gasteiger partial charge in [-0.25, -0.2) is 0 Å². The summed E-state index contributed by atoms with van der Waals surface area (Å²) in [6.07, 6.45) is 5.48. The van der Waals surface area contributed by atoms with Crippen molar-refractivity contribution in [1.82, 2.24) is 10.3 Å². The Hall–Kier alpha value is -0.460. The lowest BCUT2D eigenvalue weighted by molar-refractivity contribution is 0.438. The molecule has 2 aromatic heterocycles. The number of hydrogen-bond acceptors (Lipinski definition) is 3. The van der Waals surface area contributed by atoms with E-state index in [1.807, 2.05) is 17.5 Å². The molecule has 1 N–H and O–H groups in total. The average Bonchev–Trinajstić information content (AvgIpc) is 3.07. The molecule has 2 aromatic rings. The van der Waals surface area contributed by atoms with Crippen LogP contribution in [-0.2, 0) is 6.42 Å². The van der Waals surface area contributed by atoms with Crippen LogP contribution in [-0.4, -0.2) is 11.5 Å². The van der Waals surface area contributed by atoms with Gasteiger partial charge in [0.2, 0.25) is 0 Å². The average molecular weight is 398 g/mol. The van der Waals surface area contributed by atoms with E-state index in [1.54, 1.807) is 0 Å². The number of aromatic nitrogens is 1. The van der Waals surface area contributed by atoms with Crippen LogP contribution in [0.5, 0.6) is 0 Å². The monoisotopic (exact) mass is 398 g/mol. The lowest BCUT2D eigenvalue weighted by Crippen LogP contribution is -2.27. The Morgan fingerprint density at radius 1 is 1.55 bits per heavy atom. The van der Waals surface area contributed by atoms with E-state index in [2.05, 4.69) is 63.4 Å². The van der Waals surface area contributed by atoms with Gasteiger partial charge in [-0.3, -0.25) is 4.98 Å². The lowest BCUT2D eigenvalue weighted by Gasteiger charge is -2.24. The zero-order chi connectivity index (χ0) is 13.9. The number of halogens is 1. The number of aryl methyl sites for hydroxylation is 1. The molecule has 4 heteroatoms. The zero-order valence-corrected chi connectivity index (χ0v) is 14.6. The van der Waals surface area contributed by atoms with Crippen LogP contribution in [0.25, 0.3) is 0 Å². The fourth-order valence-corrected chi connectivity index (χ4v) is 4.46. The van der Waals surface area contributed by atoms with Crippen LogP contribution in [0.4, 0.5) is 0 Å². The lowest BCUT2D eigenvalue weighted by atomic mass is 9.92. The van der Waals surface area contributed by atoms with Crippen molar-refractivity contribution in [3.05, 3.63) is 49.5 Å². The molecule has 2 unspecified atom stereocenters. The Kier molecular flexibility index (Phi) is 4.73. The SMILES string of the molecule is CCCNC(c1csc(I)c1)C1CCc2cccnc21. The number of nitrogens with zero attached hydrogens (tertiary/aromatic N) is 1. The minimum Gasteiger partial charge on any atom is -0.309 e. The molecular formula is C16H19IN2S. The van der Waals surface area contributed by atoms with Crippen LogP contribution in [0.1, 0.15) is 48.5 Å². The van der Waals surface area contributed by atoms with Crippen LogP contribution in [0.15, 0.2) is 29.8 Å². The number of rotatable bonds is 5. The molecule has 2 heterocycles. The number of fused-ring (bicyclic) bond motifs is 1. The normalized spacial score (nSPS) is 19.0. The highest BCUT2D eigenvalue weighted by Gasteiger charge is 2.31. The number of hydrogen-bond donors (Lipinski definition) is 1. The molecule has 0 amide bonds. The van der Waals surface area contributed by atoms with E-state index >= 15 is 0 Å². The van der Waals surface area contributed by atoms with Crippen molar-refractivity contribution in [3.63, 3.8) is 0 Å². The van der Waals surface area contributed by atoms with E-state index in [0.29, 0.717) is 12.0 Å². The van der Waals surface area contributed by atoms with Gasteiger partial charge in [0, 0.05) is 23.9 Å². The summed E-state index contributed by atoms with van der Waals surface area (Å²) in [5, 5.41) is 6.05. The summed E-state index contributed by atoms with van der Waals surface area (Å²) in [7, 11) is 0. The maximum Gasteiger partial charge on any atom is 0.0656 e. The molecule has 0 aliphatic heterocycles. The molecule has 2 nitrogen and oxygen atoms in total. The Balaban J connectivity index is 1.90. The van der Waals surface area contributed by atoms with E-state index in [0.717, 1.165) is 6.54 Å². The van der Waals surface area contributed by atoms with Gasteiger partial charge in [-0.15, -0.1) is 11.3 Å². The van der Waals surface area contributed by atoms with Crippen molar-refractivity contribution < 1.29 is 0 Å². The second-order valence-corrected chi connectivity index (χ2v) is 8.11. The minimum atomic E-state index is 0.408. The number of pyridine rings is 1. The Labute approximate surface area is 138 Å². The first-order valence-electron chi connectivity index (χ1n) is 7.20. The molecule has 1 aliphatic carbocycles. The van der Waals surface area contributed by atoms with Crippen molar-refractivity contribution in [2.75, 3.05) is 6.54 Å². The molecule has 106 valence electrons. The molecule has 2 atom stereocenters. The van der Waals surface area contributed by atoms with Gasteiger partial charge < -0.3 is 5.32 Å². The van der Waals surface area contributed by atoms with Gasteiger partial charge in [0.1, 0.15) is 0 Å². The van der Waals surface area contributed by atoms with Crippen LogP contribution in [0.3, 0.4) is 0 Å². The molecule has 0 spiro atoms. The van der Waals surface area contributed by atoms with Crippen molar-refractivity contribution in [1.29, 1.82) is 0 Å².